The highest BCUT2D eigenvalue weighted by Crippen LogP contribution is 2.16. The largest absolute Gasteiger partial charge is 0.469 e. The summed E-state index contributed by atoms with van der Waals surface area (Å²) in [4.78, 5) is 15.4. The van der Waals surface area contributed by atoms with Crippen molar-refractivity contribution in [2.24, 2.45) is 4.99 Å². The zero-order valence-electron chi connectivity index (χ0n) is 16.6. The number of guanidine groups is 1. The number of hydrogen-bond donors (Lipinski definition) is 2. The highest BCUT2D eigenvalue weighted by Gasteiger charge is 2.09. The van der Waals surface area contributed by atoms with Crippen LogP contribution in [0.2, 0.25) is 0 Å². The highest BCUT2D eigenvalue weighted by atomic mass is 16.5. The molecule has 1 aromatic heterocycles. The van der Waals surface area contributed by atoms with Gasteiger partial charge in [-0.1, -0.05) is 18.2 Å². The van der Waals surface area contributed by atoms with Crippen molar-refractivity contribution in [2.45, 2.75) is 39.7 Å². The molecular formula is C20H29N5O2. The molecule has 0 saturated carbocycles. The number of aryl methyl sites for hydroxylation is 2. The number of nitrogens with one attached hydrogen (secondary N) is 2. The van der Waals surface area contributed by atoms with Crippen molar-refractivity contribution >= 4 is 11.9 Å². The number of benzene rings is 1. The lowest BCUT2D eigenvalue weighted by Crippen LogP contribution is -2.37. The minimum absolute atomic E-state index is 0.168. The minimum Gasteiger partial charge on any atom is -0.469 e. The molecule has 1 aromatic carbocycles. The predicted molar refractivity (Wildman–Crippen MR) is 107 cm³/mol. The second-order valence-electron chi connectivity index (χ2n) is 6.35. The smallest absolute Gasteiger partial charge is 0.305 e. The van der Waals surface area contributed by atoms with Gasteiger partial charge in [-0.15, -0.1) is 0 Å². The minimum atomic E-state index is -0.168. The van der Waals surface area contributed by atoms with E-state index >= 15 is 0 Å². The number of hydrogen-bond acceptors (Lipinski definition) is 4. The number of ether oxygens (including phenoxy) is 1. The van der Waals surface area contributed by atoms with Crippen LogP contribution in [-0.2, 0) is 16.1 Å². The summed E-state index contributed by atoms with van der Waals surface area (Å²) in [5, 5.41) is 11.2. The summed E-state index contributed by atoms with van der Waals surface area (Å²) >= 11 is 0. The van der Waals surface area contributed by atoms with E-state index in [-0.39, 0.29) is 5.97 Å². The lowest BCUT2D eigenvalue weighted by Gasteiger charge is -2.15. The van der Waals surface area contributed by atoms with E-state index in [1.54, 1.807) is 7.05 Å². The summed E-state index contributed by atoms with van der Waals surface area (Å²) in [5.74, 6) is 0.564. The first kappa shape index (κ1) is 20.5. The van der Waals surface area contributed by atoms with Crippen molar-refractivity contribution in [1.29, 1.82) is 0 Å². The van der Waals surface area contributed by atoms with E-state index in [4.69, 9.17) is 0 Å². The fraction of sp³-hybridized carbons (Fsp3) is 0.450. The molecule has 0 radical (unpaired) electrons. The normalized spacial score (nSPS) is 11.3. The van der Waals surface area contributed by atoms with Crippen LogP contribution in [-0.4, -0.2) is 42.4 Å². The van der Waals surface area contributed by atoms with Crippen LogP contribution in [0.1, 0.15) is 36.2 Å². The molecular weight excluding hydrogens is 342 g/mol. The molecule has 2 aromatic rings. The fourth-order valence-electron chi connectivity index (χ4n) is 2.84. The molecule has 0 fully saturated rings. The Morgan fingerprint density at radius 2 is 2.00 bits per heavy atom. The number of methoxy groups -OCH3 is 1. The van der Waals surface area contributed by atoms with E-state index in [0.29, 0.717) is 13.0 Å². The summed E-state index contributed by atoms with van der Waals surface area (Å²) < 4.78 is 6.61. The second-order valence-corrected chi connectivity index (χ2v) is 6.35. The first-order valence-corrected chi connectivity index (χ1v) is 9.18. The van der Waals surface area contributed by atoms with Gasteiger partial charge >= 0.3 is 5.97 Å². The summed E-state index contributed by atoms with van der Waals surface area (Å²) in [7, 11) is 3.16. The molecule has 27 heavy (non-hydrogen) atoms. The van der Waals surface area contributed by atoms with Gasteiger partial charge in [0.1, 0.15) is 0 Å². The number of unbranched alkanes of at least 4 members (excludes halogenated alkanes) is 1. The Bertz CT molecular complexity index is 782. The Kier molecular flexibility index (Phi) is 7.85. The van der Waals surface area contributed by atoms with Gasteiger partial charge in [0.2, 0.25) is 0 Å². The number of carbonyl (C=O) groups is 1. The first-order chi connectivity index (χ1) is 13.0. The van der Waals surface area contributed by atoms with Gasteiger partial charge in [0.05, 0.1) is 18.5 Å². The van der Waals surface area contributed by atoms with E-state index in [2.05, 4.69) is 50.6 Å². The van der Waals surface area contributed by atoms with Gasteiger partial charge in [0.15, 0.2) is 5.96 Å². The van der Waals surface area contributed by atoms with E-state index in [1.165, 1.54) is 7.11 Å². The lowest BCUT2D eigenvalue weighted by atomic mass is 10.1. The highest BCUT2D eigenvalue weighted by molar-refractivity contribution is 5.79. The third kappa shape index (κ3) is 6.13. The Balaban J connectivity index is 1.90. The van der Waals surface area contributed by atoms with Crippen molar-refractivity contribution in [1.82, 2.24) is 20.4 Å². The van der Waals surface area contributed by atoms with Gasteiger partial charge < -0.3 is 15.4 Å². The number of esters is 1. The van der Waals surface area contributed by atoms with E-state index in [9.17, 15) is 4.79 Å². The molecule has 1 heterocycles. The average Bonchev–Trinajstić information content (AvgIpc) is 3.01. The molecule has 0 spiro atoms. The second kappa shape index (κ2) is 10.4. The Morgan fingerprint density at radius 3 is 2.67 bits per heavy atom. The van der Waals surface area contributed by atoms with Crippen LogP contribution >= 0.6 is 0 Å². The van der Waals surface area contributed by atoms with Crippen molar-refractivity contribution in [3.8, 4) is 5.69 Å². The summed E-state index contributed by atoms with van der Waals surface area (Å²) in [6, 6.07) is 10.3. The predicted octanol–water partition coefficient (Wildman–Crippen LogP) is 2.50. The maximum atomic E-state index is 11.1. The molecule has 0 aliphatic heterocycles. The molecule has 0 amide bonds. The Hall–Kier alpha value is -2.83. The zero-order chi connectivity index (χ0) is 19.6. The summed E-state index contributed by atoms with van der Waals surface area (Å²) in [6.07, 6.45) is 2.11. The van der Waals surface area contributed by atoms with Crippen LogP contribution in [0, 0.1) is 13.8 Å². The van der Waals surface area contributed by atoms with Crippen molar-refractivity contribution in [2.75, 3.05) is 20.7 Å². The molecule has 0 aliphatic carbocycles. The number of rotatable bonds is 8. The summed E-state index contributed by atoms with van der Waals surface area (Å²) in [5.41, 5.74) is 4.30. The zero-order valence-corrected chi connectivity index (χ0v) is 16.6. The van der Waals surface area contributed by atoms with Crippen LogP contribution in [0.5, 0.6) is 0 Å². The quantitative estimate of drug-likeness (QED) is 0.323. The third-order valence-corrected chi connectivity index (χ3v) is 4.23. The number of aromatic nitrogens is 2. The number of aliphatic imine (C=N–C) groups is 1. The van der Waals surface area contributed by atoms with E-state index < -0.39 is 0 Å². The molecule has 7 nitrogen and oxygen atoms in total. The van der Waals surface area contributed by atoms with Crippen LogP contribution in [0.15, 0.2) is 35.3 Å². The van der Waals surface area contributed by atoms with Crippen molar-refractivity contribution in [3.63, 3.8) is 0 Å². The van der Waals surface area contributed by atoms with Crippen LogP contribution in [0.4, 0.5) is 0 Å². The van der Waals surface area contributed by atoms with Gasteiger partial charge in [0.25, 0.3) is 0 Å². The topological polar surface area (TPSA) is 80.5 Å². The third-order valence-electron chi connectivity index (χ3n) is 4.23. The van der Waals surface area contributed by atoms with E-state index in [1.807, 2.05) is 23.7 Å². The van der Waals surface area contributed by atoms with Gasteiger partial charge in [-0.3, -0.25) is 9.79 Å². The van der Waals surface area contributed by atoms with Crippen molar-refractivity contribution < 1.29 is 9.53 Å². The Labute approximate surface area is 160 Å². The standard InChI is InChI=1S/C20H29N5O2/c1-15-13-16(2)25(24-15)18-10-6-5-9-17(18)14-23-20(21-3)22-12-8-7-11-19(26)27-4/h5-6,9-10,13H,7-8,11-12,14H2,1-4H3,(H2,21,22,23). The maximum absolute atomic E-state index is 11.1. The molecule has 146 valence electrons. The van der Waals surface area contributed by atoms with Crippen LogP contribution in [0.25, 0.3) is 5.69 Å². The molecule has 0 saturated heterocycles. The maximum Gasteiger partial charge on any atom is 0.305 e. The van der Waals surface area contributed by atoms with Crippen LogP contribution < -0.4 is 10.6 Å². The van der Waals surface area contributed by atoms with Crippen molar-refractivity contribution in [3.05, 3.63) is 47.3 Å². The van der Waals surface area contributed by atoms with Gasteiger partial charge in [-0.2, -0.15) is 5.10 Å². The van der Waals surface area contributed by atoms with Gasteiger partial charge in [-0.25, -0.2) is 4.68 Å². The number of carbonyl (C=O) groups excluding carboxylic acids is 1. The van der Waals surface area contributed by atoms with E-state index in [0.717, 1.165) is 48.0 Å². The van der Waals surface area contributed by atoms with Crippen LogP contribution in [0.3, 0.4) is 0 Å². The van der Waals surface area contributed by atoms with Gasteiger partial charge in [0, 0.05) is 32.3 Å². The monoisotopic (exact) mass is 371 g/mol. The molecule has 2 rings (SSSR count). The molecule has 7 heteroatoms. The first-order valence-electron chi connectivity index (χ1n) is 9.18. The molecule has 2 N–H and O–H groups in total. The molecule has 0 aliphatic rings. The lowest BCUT2D eigenvalue weighted by molar-refractivity contribution is -0.140. The number of para-hydroxylation sites is 1. The molecule has 0 unspecified atom stereocenters. The molecule has 0 bridgehead atoms. The SMILES string of the molecule is CN=C(NCCCCC(=O)OC)NCc1ccccc1-n1nc(C)cc1C. The molecule has 0 atom stereocenters. The fourth-order valence-corrected chi connectivity index (χ4v) is 2.84. The Morgan fingerprint density at radius 1 is 1.22 bits per heavy atom. The average molecular weight is 371 g/mol. The van der Waals surface area contributed by atoms with Gasteiger partial charge in [-0.05, 0) is 44.4 Å². The number of nitrogens with zero attached hydrogens (tertiary/aromatic N) is 3. The summed E-state index contributed by atoms with van der Waals surface area (Å²) in [6.45, 7) is 5.43.